The molecule has 0 saturated carbocycles. The molecule has 1 unspecified atom stereocenters. The second-order valence-electron chi connectivity index (χ2n) is 5.58. The van der Waals surface area contributed by atoms with Crippen molar-refractivity contribution in [3.8, 4) is 0 Å². The molecular weight excluding hydrogens is 274 g/mol. The summed E-state index contributed by atoms with van der Waals surface area (Å²) in [4.78, 5) is 0. The van der Waals surface area contributed by atoms with Crippen molar-refractivity contribution in [1.29, 1.82) is 0 Å². The molecule has 0 saturated heterocycles. The fourth-order valence-electron chi connectivity index (χ4n) is 1.95. The second-order valence-corrected chi connectivity index (χ2v) is 5.98. The summed E-state index contributed by atoms with van der Waals surface area (Å²) in [6, 6.07) is 5.74. The van der Waals surface area contributed by atoms with Gasteiger partial charge in [0.15, 0.2) is 0 Å². The van der Waals surface area contributed by atoms with E-state index < -0.39 is 6.10 Å². The Morgan fingerprint density at radius 1 is 1.35 bits per heavy atom. The zero-order valence-electron chi connectivity index (χ0n) is 12.7. The number of nitrogens with one attached hydrogen (secondary N) is 1. The lowest BCUT2D eigenvalue weighted by molar-refractivity contribution is 0.0409. The summed E-state index contributed by atoms with van der Waals surface area (Å²) in [7, 11) is 0. The zero-order chi connectivity index (χ0) is 15.0. The average Bonchev–Trinajstić information content (AvgIpc) is 2.37. The summed E-state index contributed by atoms with van der Waals surface area (Å²) in [5.41, 5.74) is 1.95. The van der Waals surface area contributed by atoms with E-state index in [9.17, 15) is 5.11 Å². The number of rotatable bonds is 9. The molecule has 20 heavy (non-hydrogen) atoms. The number of halogens is 1. The fourth-order valence-corrected chi connectivity index (χ4v) is 2.24. The van der Waals surface area contributed by atoms with Crippen LogP contribution in [0.2, 0.25) is 5.02 Å². The Morgan fingerprint density at radius 2 is 2.10 bits per heavy atom. The van der Waals surface area contributed by atoms with Crippen LogP contribution < -0.4 is 5.32 Å². The van der Waals surface area contributed by atoms with Gasteiger partial charge >= 0.3 is 0 Å². The number of benzene rings is 1. The van der Waals surface area contributed by atoms with Crippen molar-refractivity contribution in [2.24, 2.45) is 5.92 Å². The van der Waals surface area contributed by atoms with Crippen LogP contribution in [0, 0.1) is 12.8 Å². The molecule has 1 atom stereocenters. The SMILES string of the molecule is Cc1cccc(Cl)c1NCC(O)COCCCC(C)C. The van der Waals surface area contributed by atoms with Gasteiger partial charge in [-0.3, -0.25) is 0 Å². The maximum absolute atomic E-state index is 9.87. The number of hydrogen-bond donors (Lipinski definition) is 2. The van der Waals surface area contributed by atoms with E-state index in [0.717, 1.165) is 24.1 Å². The molecule has 4 heteroatoms. The van der Waals surface area contributed by atoms with E-state index in [2.05, 4.69) is 19.2 Å². The molecule has 114 valence electrons. The summed E-state index contributed by atoms with van der Waals surface area (Å²) >= 11 is 6.11. The molecule has 0 aliphatic carbocycles. The third-order valence-corrected chi connectivity index (χ3v) is 3.43. The van der Waals surface area contributed by atoms with E-state index in [1.165, 1.54) is 0 Å². The number of aryl methyl sites for hydroxylation is 1. The smallest absolute Gasteiger partial charge is 0.0945 e. The van der Waals surface area contributed by atoms with Crippen LogP contribution in [-0.2, 0) is 4.74 Å². The molecule has 0 bridgehead atoms. The Bertz CT molecular complexity index is 376. The largest absolute Gasteiger partial charge is 0.389 e. The van der Waals surface area contributed by atoms with Crippen molar-refractivity contribution < 1.29 is 9.84 Å². The lowest BCUT2D eigenvalue weighted by Gasteiger charge is -2.15. The van der Waals surface area contributed by atoms with Gasteiger partial charge in [0.2, 0.25) is 0 Å². The lowest BCUT2D eigenvalue weighted by atomic mass is 10.1. The quantitative estimate of drug-likeness (QED) is 0.680. The Morgan fingerprint density at radius 3 is 2.75 bits per heavy atom. The highest BCUT2D eigenvalue weighted by Gasteiger charge is 2.07. The van der Waals surface area contributed by atoms with Crippen molar-refractivity contribution in [1.82, 2.24) is 0 Å². The van der Waals surface area contributed by atoms with Crippen LogP contribution in [0.3, 0.4) is 0 Å². The summed E-state index contributed by atoms with van der Waals surface area (Å²) in [6.07, 6.45) is 1.68. The van der Waals surface area contributed by atoms with Crippen LogP contribution in [0.25, 0.3) is 0 Å². The summed E-state index contributed by atoms with van der Waals surface area (Å²) in [5.74, 6) is 0.702. The van der Waals surface area contributed by atoms with Gasteiger partial charge in [-0.05, 0) is 37.3 Å². The highest BCUT2D eigenvalue weighted by atomic mass is 35.5. The van der Waals surface area contributed by atoms with Gasteiger partial charge in [0.05, 0.1) is 23.4 Å². The first-order valence-electron chi connectivity index (χ1n) is 7.25. The minimum absolute atomic E-state index is 0.356. The molecule has 1 rings (SSSR count). The Hall–Kier alpha value is -0.770. The van der Waals surface area contributed by atoms with Crippen molar-refractivity contribution in [2.75, 3.05) is 25.1 Å². The first-order chi connectivity index (χ1) is 9.50. The molecule has 0 aromatic heterocycles. The van der Waals surface area contributed by atoms with E-state index in [-0.39, 0.29) is 0 Å². The molecule has 3 nitrogen and oxygen atoms in total. The lowest BCUT2D eigenvalue weighted by Crippen LogP contribution is -2.25. The fraction of sp³-hybridized carbons (Fsp3) is 0.625. The third kappa shape index (κ3) is 6.60. The van der Waals surface area contributed by atoms with Crippen LogP contribution in [0.1, 0.15) is 32.3 Å². The van der Waals surface area contributed by atoms with E-state index in [0.29, 0.717) is 30.7 Å². The van der Waals surface area contributed by atoms with Gasteiger partial charge < -0.3 is 15.2 Å². The molecule has 0 fully saturated rings. The van der Waals surface area contributed by atoms with Gasteiger partial charge in [-0.1, -0.05) is 37.6 Å². The van der Waals surface area contributed by atoms with Crippen molar-refractivity contribution in [3.63, 3.8) is 0 Å². The van der Waals surface area contributed by atoms with Crippen LogP contribution in [0.15, 0.2) is 18.2 Å². The summed E-state index contributed by atoms with van der Waals surface area (Å²) in [6.45, 7) is 7.89. The molecule has 0 amide bonds. The van der Waals surface area contributed by atoms with E-state index in [1.807, 2.05) is 25.1 Å². The summed E-state index contributed by atoms with van der Waals surface area (Å²) in [5, 5.41) is 13.7. The van der Waals surface area contributed by atoms with Crippen molar-refractivity contribution in [3.05, 3.63) is 28.8 Å². The maximum atomic E-state index is 9.87. The normalized spacial score (nSPS) is 12.7. The average molecular weight is 300 g/mol. The summed E-state index contributed by atoms with van der Waals surface area (Å²) < 4.78 is 5.47. The van der Waals surface area contributed by atoms with Gasteiger partial charge in [0, 0.05) is 13.2 Å². The van der Waals surface area contributed by atoms with Gasteiger partial charge in [0.1, 0.15) is 0 Å². The van der Waals surface area contributed by atoms with Crippen LogP contribution in [0.4, 0.5) is 5.69 Å². The number of para-hydroxylation sites is 1. The molecule has 0 spiro atoms. The van der Waals surface area contributed by atoms with Gasteiger partial charge in [0.25, 0.3) is 0 Å². The molecule has 0 aliphatic rings. The molecule has 0 heterocycles. The predicted molar refractivity (Wildman–Crippen MR) is 85.6 cm³/mol. The minimum Gasteiger partial charge on any atom is -0.389 e. The Labute approximate surface area is 127 Å². The van der Waals surface area contributed by atoms with Gasteiger partial charge in [-0.2, -0.15) is 0 Å². The van der Waals surface area contributed by atoms with Crippen LogP contribution in [0.5, 0.6) is 0 Å². The number of hydrogen-bond acceptors (Lipinski definition) is 3. The topological polar surface area (TPSA) is 41.5 Å². The number of aliphatic hydroxyl groups excluding tert-OH is 1. The van der Waals surface area contributed by atoms with Crippen LogP contribution in [-0.4, -0.2) is 31.0 Å². The first-order valence-corrected chi connectivity index (χ1v) is 7.63. The predicted octanol–water partition coefficient (Wildman–Crippen LogP) is 3.87. The highest BCUT2D eigenvalue weighted by molar-refractivity contribution is 6.33. The Kier molecular flexibility index (Phi) is 7.97. The molecule has 1 aromatic carbocycles. The standard InChI is InChI=1S/C16H26ClNO2/c1-12(2)6-5-9-20-11-14(19)10-18-16-13(3)7-4-8-15(16)17/h4,7-8,12,14,18-19H,5-6,9-11H2,1-3H3. The molecule has 1 aromatic rings. The molecule has 0 radical (unpaired) electrons. The maximum Gasteiger partial charge on any atom is 0.0945 e. The first kappa shape index (κ1) is 17.3. The van der Waals surface area contributed by atoms with Crippen molar-refractivity contribution >= 4 is 17.3 Å². The van der Waals surface area contributed by atoms with Crippen molar-refractivity contribution in [2.45, 2.75) is 39.7 Å². The molecule has 0 aliphatic heterocycles. The Balaban J connectivity index is 2.21. The number of anilines is 1. The van der Waals surface area contributed by atoms with E-state index >= 15 is 0 Å². The van der Waals surface area contributed by atoms with E-state index in [4.69, 9.17) is 16.3 Å². The molecule has 2 N–H and O–H groups in total. The minimum atomic E-state index is -0.523. The third-order valence-electron chi connectivity index (χ3n) is 3.12. The van der Waals surface area contributed by atoms with Gasteiger partial charge in [-0.15, -0.1) is 0 Å². The highest BCUT2D eigenvalue weighted by Crippen LogP contribution is 2.24. The van der Waals surface area contributed by atoms with Gasteiger partial charge in [-0.25, -0.2) is 0 Å². The van der Waals surface area contributed by atoms with E-state index in [1.54, 1.807) is 0 Å². The molecular formula is C16H26ClNO2. The number of aliphatic hydroxyl groups is 1. The second kappa shape index (κ2) is 9.22. The number of ether oxygens (including phenoxy) is 1. The van der Waals surface area contributed by atoms with Crippen LogP contribution >= 0.6 is 11.6 Å². The zero-order valence-corrected chi connectivity index (χ0v) is 13.4. The monoisotopic (exact) mass is 299 g/mol.